The van der Waals surface area contributed by atoms with Crippen LogP contribution >= 0.6 is 0 Å². The summed E-state index contributed by atoms with van der Waals surface area (Å²) in [6.07, 6.45) is -0.445. The van der Waals surface area contributed by atoms with Crippen LogP contribution in [-0.2, 0) is 23.7 Å². The molecule has 0 aromatic heterocycles. The van der Waals surface area contributed by atoms with Crippen LogP contribution < -0.4 is 0 Å². The second-order valence-corrected chi connectivity index (χ2v) is 13.0. The van der Waals surface area contributed by atoms with Gasteiger partial charge < -0.3 is 18.9 Å². The molecule has 3 fully saturated rings. The number of hydrogen-bond acceptors (Lipinski definition) is 5. The molecule has 0 radical (unpaired) electrons. The van der Waals surface area contributed by atoms with Crippen molar-refractivity contribution >= 4 is 13.9 Å². The Morgan fingerprint density at radius 2 is 1.85 bits per heavy atom. The van der Waals surface area contributed by atoms with Gasteiger partial charge in [0.15, 0.2) is 23.5 Å². The van der Waals surface area contributed by atoms with Crippen LogP contribution in [0.15, 0.2) is 0 Å². The van der Waals surface area contributed by atoms with Crippen LogP contribution in [0.3, 0.4) is 0 Å². The topological polar surface area (TPSA) is 54.0 Å². The van der Waals surface area contributed by atoms with E-state index < -0.39 is 25.8 Å². The van der Waals surface area contributed by atoms with Crippen molar-refractivity contribution in [1.29, 1.82) is 0 Å². The van der Waals surface area contributed by atoms with E-state index in [1.54, 1.807) is 7.11 Å². The average Bonchev–Trinajstić information content (AvgIpc) is 2.76. The molecule has 2 heterocycles. The van der Waals surface area contributed by atoms with Crippen LogP contribution in [-0.4, -0.2) is 50.9 Å². The molecule has 3 aliphatic rings. The summed E-state index contributed by atoms with van der Waals surface area (Å²) in [5.41, 5.74) is -0.699. The molecule has 0 aromatic rings. The molecule has 5 atom stereocenters. The summed E-state index contributed by atoms with van der Waals surface area (Å²) in [6.45, 7) is 10.4. The van der Waals surface area contributed by atoms with E-state index in [0.717, 1.165) is 6.42 Å². The van der Waals surface area contributed by atoms with Crippen LogP contribution in [0.2, 0.25) is 25.2 Å². The first kappa shape index (κ1) is 14.7. The van der Waals surface area contributed by atoms with Gasteiger partial charge in [-0.1, -0.05) is 19.6 Å². The lowest BCUT2D eigenvalue weighted by Crippen LogP contribution is -2.64. The third-order valence-electron chi connectivity index (χ3n) is 4.70. The van der Waals surface area contributed by atoms with Gasteiger partial charge in [-0.2, -0.15) is 0 Å². The van der Waals surface area contributed by atoms with E-state index in [0.29, 0.717) is 0 Å². The van der Waals surface area contributed by atoms with E-state index in [-0.39, 0.29) is 23.5 Å². The van der Waals surface area contributed by atoms with Crippen molar-refractivity contribution in [1.82, 2.24) is 0 Å². The SMILES string of the molecule is COC1O[C@@]2(CC([Si](C)(C)C)C2=O)C2OC(C)(C)OC12. The van der Waals surface area contributed by atoms with Crippen LogP contribution in [0.4, 0.5) is 0 Å². The molecular formula is C14H24O5Si. The molecule has 1 spiro atoms. The van der Waals surface area contributed by atoms with Gasteiger partial charge >= 0.3 is 0 Å². The maximum atomic E-state index is 12.8. The molecule has 0 bridgehead atoms. The molecule has 0 N–H and O–H groups in total. The first-order chi connectivity index (χ1) is 9.11. The second-order valence-electron chi connectivity index (χ2n) is 7.62. The summed E-state index contributed by atoms with van der Waals surface area (Å²) in [7, 11) is 0.0689. The van der Waals surface area contributed by atoms with Gasteiger partial charge in [-0.15, -0.1) is 0 Å². The van der Waals surface area contributed by atoms with Crippen molar-refractivity contribution in [3.63, 3.8) is 0 Å². The Morgan fingerprint density at radius 1 is 1.20 bits per heavy atom. The van der Waals surface area contributed by atoms with E-state index >= 15 is 0 Å². The first-order valence-electron chi connectivity index (χ1n) is 7.21. The number of ether oxygens (including phenoxy) is 4. The highest BCUT2D eigenvalue weighted by molar-refractivity contribution is 6.81. The van der Waals surface area contributed by atoms with Gasteiger partial charge in [0.05, 0.1) is 8.07 Å². The molecule has 0 aromatic carbocycles. The lowest BCUT2D eigenvalue weighted by atomic mass is 9.73. The minimum Gasteiger partial charge on any atom is -0.353 e. The summed E-state index contributed by atoms with van der Waals surface area (Å²) in [5, 5.41) is 0. The van der Waals surface area contributed by atoms with Gasteiger partial charge in [-0.05, 0) is 20.3 Å². The van der Waals surface area contributed by atoms with Gasteiger partial charge in [-0.25, -0.2) is 0 Å². The molecule has 114 valence electrons. The van der Waals surface area contributed by atoms with Crippen molar-refractivity contribution in [2.45, 2.75) is 75.3 Å². The molecule has 2 aliphatic heterocycles. The number of fused-ring (bicyclic) bond motifs is 2. The van der Waals surface area contributed by atoms with Gasteiger partial charge in [0, 0.05) is 12.7 Å². The monoisotopic (exact) mass is 300 g/mol. The summed E-state index contributed by atoms with van der Waals surface area (Å²) < 4.78 is 23.1. The van der Waals surface area contributed by atoms with E-state index in [9.17, 15) is 4.79 Å². The maximum Gasteiger partial charge on any atom is 0.187 e. The van der Waals surface area contributed by atoms with E-state index in [4.69, 9.17) is 18.9 Å². The Kier molecular flexibility index (Phi) is 3.03. The smallest absolute Gasteiger partial charge is 0.187 e. The lowest BCUT2D eigenvalue weighted by Gasteiger charge is -2.49. The van der Waals surface area contributed by atoms with Crippen molar-refractivity contribution < 1.29 is 23.7 Å². The number of carbonyl (C=O) groups is 1. The number of rotatable bonds is 2. The maximum absolute atomic E-state index is 12.8. The summed E-state index contributed by atoms with van der Waals surface area (Å²) in [4.78, 5) is 12.8. The van der Waals surface area contributed by atoms with Crippen molar-refractivity contribution in [2.24, 2.45) is 0 Å². The lowest BCUT2D eigenvalue weighted by molar-refractivity contribution is -0.254. The summed E-state index contributed by atoms with van der Waals surface area (Å²) in [6, 6.07) is 0. The zero-order chi connectivity index (χ0) is 14.9. The zero-order valence-corrected chi connectivity index (χ0v) is 14.1. The third kappa shape index (κ3) is 1.85. The Bertz CT molecular complexity index is 443. The van der Waals surface area contributed by atoms with Crippen molar-refractivity contribution in [2.75, 3.05) is 7.11 Å². The molecule has 0 amide bonds. The van der Waals surface area contributed by atoms with E-state index in [1.165, 1.54) is 0 Å². The Labute approximate surface area is 120 Å². The van der Waals surface area contributed by atoms with E-state index in [2.05, 4.69) is 19.6 Å². The highest BCUT2D eigenvalue weighted by Crippen LogP contribution is 2.57. The Hall–Kier alpha value is -0.273. The zero-order valence-electron chi connectivity index (χ0n) is 13.1. The normalized spacial score (nSPS) is 46.6. The molecular weight excluding hydrogens is 276 g/mol. The fourth-order valence-electron chi connectivity index (χ4n) is 3.59. The molecule has 20 heavy (non-hydrogen) atoms. The molecule has 1 saturated carbocycles. The van der Waals surface area contributed by atoms with Crippen molar-refractivity contribution in [3.8, 4) is 0 Å². The molecule has 1 aliphatic carbocycles. The highest BCUT2D eigenvalue weighted by Gasteiger charge is 2.73. The number of carbonyl (C=O) groups excluding carboxylic acids is 1. The largest absolute Gasteiger partial charge is 0.353 e. The number of ketones is 1. The minimum absolute atomic E-state index is 0.145. The molecule has 3 rings (SSSR count). The van der Waals surface area contributed by atoms with E-state index in [1.807, 2.05) is 13.8 Å². The fourth-order valence-corrected chi connectivity index (χ4v) is 5.54. The minimum atomic E-state index is -1.51. The summed E-state index contributed by atoms with van der Waals surface area (Å²) in [5.74, 6) is -0.500. The number of methoxy groups -OCH3 is 1. The van der Waals surface area contributed by atoms with Gasteiger partial charge in [-0.3, -0.25) is 4.79 Å². The average molecular weight is 300 g/mol. The van der Waals surface area contributed by atoms with Gasteiger partial charge in [0.1, 0.15) is 12.2 Å². The highest BCUT2D eigenvalue weighted by atomic mass is 28.3. The third-order valence-corrected chi connectivity index (χ3v) is 7.26. The predicted octanol–water partition coefficient (Wildman–Crippen LogP) is 1.93. The van der Waals surface area contributed by atoms with Crippen LogP contribution in [0.25, 0.3) is 0 Å². The number of Topliss-reactive ketones (excluding diaryl/α,β-unsaturated/α-hetero) is 1. The number of hydrogen-bond donors (Lipinski definition) is 0. The molecule has 5 nitrogen and oxygen atoms in total. The molecule has 6 heteroatoms. The Balaban J connectivity index is 1.87. The fraction of sp³-hybridized carbons (Fsp3) is 0.929. The molecule has 4 unspecified atom stereocenters. The second kappa shape index (κ2) is 4.13. The quantitative estimate of drug-likeness (QED) is 0.729. The summed E-state index contributed by atoms with van der Waals surface area (Å²) >= 11 is 0. The van der Waals surface area contributed by atoms with Crippen LogP contribution in [0.5, 0.6) is 0 Å². The van der Waals surface area contributed by atoms with Crippen LogP contribution in [0.1, 0.15) is 20.3 Å². The Morgan fingerprint density at radius 3 is 2.35 bits per heavy atom. The predicted molar refractivity (Wildman–Crippen MR) is 75.2 cm³/mol. The van der Waals surface area contributed by atoms with Crippen LogP contribution in [0, 0.1) is 0 Å². The standard InChI is InChI=1S/C14H24O5Si/c1-13(2)17-9-11(18-13)14(19-12(9)16-3)7-8(10(14)15)20(4,5)6/h8-9,11-12H,7H2,1-6H3/t8?,9?,11?,12?,14-/m1/s1. The first-order valence-corrected chi connectivity index (χ1v) is 10.8. The van der Waals surface area contributed by atoms with Crippen molar-refractivity contribution in [3.05, 3.63) is 0 Å². The van der Waals surface area contributed by atoms with Gasteiger partial charge in [0.2, 0.25) is 0 Å². The van der Waals surface area contributed by atoms with Gasteiger partial charge in [0.25, 0.3) is 0 Å². The molecule has 2 saturated heterocycles.